The summed E-state index contributed by atoms with van der Waals surface area (Å²) >= 11 is 9.76. The van der Waals surface area contributed by atoms with Crippen LogP contribution >= 0.6 is 27.5 Å². The Morgan fingerprint density at radius 3 is 2.86 bits per heavy atom. The molecule has 0 nitrogen and oxygen atoms in total. The number of hydrogen-bond donors (Lipinski definition) is 0. The summed E-state index contributed by atoms with van der Waals surface area (Å²) in [4.78, 5) is 0. The molecule has 1 atom stereocenters. The normalized spacial score (nSPS) is 18.1. The van der Waals surface area contributed by atoms with Gasteiger partial charge < -0.3 is 0 Å². The van der Waals surface area contributed by atoms with E-state index in [0.29, 0.717) is 5.38 Å². The first-order valence-electron chi connectivity index (χ1n) is 5.12. The number of hydrogen-bond acceptors (Lipinski definition) is 0. The van der Waals surface area contributed by atoms with Crippen molar-refractivity contribution in [1.82, 2.24) is 0 Å². The highest BCUT2D eigenvalue weighted by Crippen LogP contribution is 2.35. The van der Waals surface area contributed by atoms with E-state index < -0.39 is 0 Å². The van der Waals surface area contributed by atoms with E-state index in [1.54, 1.807) is 0 Å². The predicted octanol–water partition coefficient (Wildman–Crippen LogP) is 4.40. The Kier molecular flexibility index (Phi) is 3.51. The molecule has 0 N–H and O–H groups in total. The molecule has 0 aliphatic heterocycles. The van der Waals surface area contributed by atoms with E-state index in [4.69, 9.17) is 11.6 Å². The van der Waals surface area contributed by atoms with Crippen LogP contribution < -0.4 is 0 Å². The maximum Gasteiger partial charge on any atom is 0.0379 e. The molecule has 76 valence electrons. The van der Waals surface area contributed by atoms with Gasteiger partial charge in [0.2, 0.25) is 0 Å². The monoisotopic (exact) mass is 272 g/mol. The average molecular weight is 274 g/mol. The lowest BCUT2D eigenvalue weighted by molar-refractivity contribution is 0.674. The van der Waals surface area contributed by atoms with Gasteiger partial charge in [-0.15, -0.1) is 11.6 Å². The highest BCUT2D eigenvalue weighted by Gasteiger charge is 2.24. The first kappa shape index (κ1) is 10.5. The molecule has 1 aliphatic rings. The minimum Gasteiger partial charge on any atom is -0.123 e. The number of alkyl halides is 1. The summed E-state index contributed by atoms with van der Waals surface area (Å²) in [6.07, 6.45) is 4.97. The van der Waals surface area contributed by atoms with E-state index in [9.17, 15) is 0 Å². The summed E-state index contributed by atoms with van der Waals surface area (Å²) in [6, 6.07) is 8.42. The van der Waals surface area contributed by atoms with Crippen LogP contribution in [0.5, 0.6) is 0 Å². The van der Waals surface area contributed by atoms with Gasteiger partial charge in [-0.1, -0.05) is 40.9 Å². The summed E-state index contributed by atoms with van der Waals surface area (Å²) in [5.74, 6) is 0.921. The zero-order valence-electron chi connectivity index (χ0n) is 8.05. The Morgan fingerprint density at radius 2 is 2.21 bits per heavy atom. The van der Waals surface area contributed by atoms with E-state index in [2.05, 4.69) is 34.1 Å². The highest BCUT2D eigenvalue weighted by molar-refractivity contribution is 9.10. The van der Waals surface area contributed by atoms with Gasteiger partial charge in [0.25, 0.3) is 0 Å². The van der Waals surface area contributed by atoms with Gasteiger partial charge in [-0.25, -0.2) is 0 Å². The van der Waals surface area contributed by atoms with Gasteiger partial charge in [0.15, 0.2) is 0 Å². The molecule has 1 aromatic rings. The highest BCUT2D eigenvalue weighted by atomic mass is 79.9. The van der Waals surface area contributed by atoms with Crippen molar-refractivity contribution in [1.29, 1.82) is 0 Å². The molecule has 14 heavy (non-hydrogen) atoms. The molecule has 1 saturated carbocycles. The van der Waals surface area contributed by atoms with Crippen LogP contribution in [-0.2, 0) is 6.42 Å². The Hall–Kier alpha value is -0.0100. The molecular formula is C12H14BrCl. The van der Waals surface area contributed by atoms with Gasteiger partial charge in [0, 0.05) is 9.85 Å². The quantitative estimate of drug-likeness (QED) is 0.713. The molecule has 2 rings (SSSR count). The zero-order chi connectivity index (χ0) is 9.97. The fourth-order valence-corrected chi connectivity index (χ4v) is 2.60. The molecule has 0 saturated heterocycles. The van der Waals surface area contributed by atoms with E-state index in [1.807, 2.05) is 6.07 Å². The molecule has 0 heterocycles. The van der Waals surface area contributed by atoms with Crippen LogP contribution in [0.1, 0.15) is 24.8 Å². The number of rotatable bonds is 4. The van der Waals surface area contributed by atoms with Gasteiger partial charge in [-0.05, 0) is 36.5 Å². The van der Waals surface area contributed by atoms with Crippen LogP contribution in [0.2, 0.25) is 0 Å². The second-order valence-electron chi connectivity index (χ2n) is 4.11. The largest absolute Gasteiger partial charge is 0.123 e. The molecule has 1 aliphatic carbocycles. The first-order valence-corrected chi connectivity index (χ1v) is 6.35. The SMILES string of the molecule is ClC(Cc1cccc(Br)c1)CC1CC1. The molecule has 0 amide bonds. The summed E-state index contributed by atoms with van der Waals surface area (Å²) in [5, 5.41) is 0.316. The molecule has 0 radical (unpaired) electrons. The smallest absolute Gasteiger partial charge is 0.0379 e. The average Bonchev–Trinajstić information content (AvgIpc) is 2.87. The van der Waals surface area contributed by atoms with Gasteiger partial charge in [0.1, 0.15) is 0 Å². The third-order valence-electron chi connectivity index (χ3n) is 2.63. The lowest BCUT2D eigenvalue weighted by Gasteiger charge is -2.08. The van der Waals surface area contributed by atoms with E-state index in [0.717, 1.165) is 16.8 Å². The van der Waals surface area contributed by atoms with Crippen molar-refractivity contribution < 1.29 is 0 Å². The van der Waals surface area contributed by atoms with E-state index in [-0.39, 0.29) is 0 Å². The Bertz CT molecular complexity index is 307. The molecular weight excluding hydrogens is 259 g/mol. The van der Waals surface area contributed by atoms with Crippen molar-refractivity contribution in [2.24, 2.45) is 5.92 Å². The van der Waals surface area contributed by atoms with Crippen molar-refractivity contribution in [3.05, 3.63) is 34.3 Å². The molecule has 1 fully saturated rings. The van der Waals surface area contributed by atoms with E-state index >= 15 is 0 Å². The first-order chi connectivity index (χ1) is 6.74. The zero-order valence-corrected chi connectivity index (χ0v) is 10.4. The van der Waals surface area contributed by atoms with Crippen LogP contribution in [0.4, 0.5) is 0 Å². The Balaban J connectivity index is 1.88. The summed E-state index contributed by atoms with van der Waals surface area (Å²) < 4.78 is 1.14. The standard InChI is InChI=1S/C12H14BrCl/c13-11-3-1-2-10(6-11)8-12(14)7-9-4-5-9/h1-3,6,9,12H,4-5,7-8H2. The summed E-state index contributed by atoms with van der Waals surface area (Å²) in [6.45, 7) is 0. The number of halogens is 2. The van der Waals surface area contributed by atoms with Crippen LogP contribution in [-0.4, -0.2) is 5.38 Å². The minimum absolute atomic E-state index is 0.316. The maximum absolute atomic E-state index is 6.29. The second kappa shape index (κ2) is 4.67. The van der Waals surface area contributed by atoms with Gasteiger partial charge in [-0.3, -0.25) is 0 Å². The second-order valence-corrected chi connectivity index (χ2v) is 5.64. The van der Waals surface area contributed by atoms with E-state index in [1.165, 1.54) is 24.8 Å². The maximum atomic E-state index is 6.29. The molecule has 1 aromatic carbocycles. The Morgan fingerprint density at radius 1 is 1.43 bits per heavy atom. The summed E-state index contributed by atoms with van der Waals surface area (Å²) in [5.41, 5.74) is 1.33. The topological polar surface area (TPSA) is 0 Å². The van der Waals surface area contributed by atoms with Crippen LogP contribution in [0.15, 0.2) is 28.7 Å². The minimum atomic E-state index is 0.316. The van der Waals surface area contributed by atoms with Crippen LogP contribution in [0, 0.1) is 5.92 Å². The van der Waals surface area contributed by atoms with Crippen molar-refractivity contribution in [3.63, 3.8) is 0 Å². The van der Waals surface area contributed by atoms with Gasteiger partial charge in [-0.2, -0.15) is 0 Å². The fraction of sp³-hybridized carbons (Fsp3) is 0.500. The number of benzene rings is 1. The lowest BCUT2D eigenvalue weighted by atomic mass is 10.1. The Labute approximate surface area is 98.8 Å². The van der Waals surface area contributed by atoms with Crippen LogP contribution in [0.25, 0.3) is 0 Å². The summed E-state index contributed by atoms with van der Waals surface area (Å²) in [7, 11) is 0. The molecule has 0 bridgehead atoms. The molecule has 0 aromatic heterocycles. The van der Waals surface area contributed by atoms with Crippen molar-refractivity contribution in [2.75, 3.05) is 0 Å². The van der Waals surface area contributed by atoms with Crippen molar-refractivity contribution in [2.45, 2.75) is 31.1 Å². The third-order valence-corrected chi connectivity index (χ3v) is 3.46. The van der Waals surface area contributed by atoms with Crippen molar-refractivity contribution in [3.8, 4) is 0 Å². The van der Waals surface area contributed by atoms with Gasteiger partial charge in [0.05, 0.1) is 0 Å². The van der Waals surface area contributed by atoms with Gasteiger partial charge >= 0.3 is 0 Å². The van der Waals surface area contributed by atoms with Crippen LogP contribution in [0.3, 0.4) is 0 Å². The lowest BCUT2D eigenvalue weighted by Crippen LogP contribution is -2.04. The third kappa shape index (κ3) is 3.29. The fourth-order valence-electron chi connectivity index (χ4n) is 1.72. The molecule has 2 heteroatoms. The molecule has 0 spiro atoms. The molecule has 1 unspecified atom stereocenters. The van der Waals surface area contributed by atoms with Crippen molar-refractivity contribution >= 4 is 27.5 Å². The predicted molar refractivity (Wildman–Crippen MR) is 64.8 cm³/mol.